The van der Waals surface area contributed by atoms with E-state index in [1.807, 2.05) is 41.3 Å². The number of amides is 2. The number of nitriles is 1. The molecule has 2 atom stereocenters. The first-order valence-electron chi connectivity index (χ1n) is 11.7. The summed E-state index contributed by atoms with van der Waals surface area (Å²) in [5.41, 5.74) is 3.64. The number of methoxy groups -OCH3 is 1. The Bertz CT molecular complexity index is 1300. The van der Waals surface area contributed by atoms with E-state index in [4.69, 9.17) is 4.74 Å². The molecular formula is C27H26N4O3S. The average Bonchev–Trinajstić information content (AvgIpc) is 3.63. The maximum absolute atomic E-state index is 13.0. The largest absolute Gasteiger partial charge is 0.497 e. The molecule has 1 fully saturated rings. The maximum atomic E-state index is 13.0. The number of hydrogen-bond acceptors (Lipinski definition) is 6. The summed E-state index contributed by atoms with van der Waals surface area (Å²) in [6, 6.07) is 14.0. The molecule has 2 amide bonds. The van der Waals surface area contributed by atoms with Gasteiger partial charge < -0.3 is 15.0 Å². The lowest BCUT2D eigenvalue weighted by Gasteiger charge is -2.27. The molecule has 0 saturated heterocycles. The molecule has 1 saturated carbocycles. The molecule has 8 heteroatoms. The van der Waals surface area contributed by atoms with Gasteiger partial charge >= 0.3 is 0 Å². The Hall–Kier alpha value is -3.70. The van der Waals surface area contributed by atoms with Crippen molar-refractivity contribution in [1.82, 2.24) is 9.88 Å². The molecule has 1 N–H and O–H groups in total. The molecule has 178 valence electrons. The van der Waals surface area contributed by atoms with Gasteiger partial charge in [-0.1, -0.05) is 18.2 Å². The summed E-state index contributed by atoms with van der Waals surface area (Å²) in [6.07, 6.45) is 5.99. The number of fused-ring (bicyclic) bond motifs is 1. The molecule has 2 unspecified atom stereocenters. The van der Waals surface area contributed by atoms with Crippen LogP contribution >= 0.6 is 11.3 Å². The number of nitrogens with zero attached hydrogens (tertiary/aromatic N) is 3. The van der Waals surface area contributed by atoms with Crippen molar-refractivity contribution in [2.24, 2.45) is 5.92 Å². The molecule has 0 radical (unpaired) electrons. The van der Waals surface area contributed by atoms with Crippen LogP contribution in [0.25, 0.3) is 0 Å². The molecule has 1 aliphatic heterocycles. The second-order valence-electron chi connectivity index (χ2n) is 8.96. The Morgan fingerprint density at radius 1 is 1.31 bits per heavy atom. The van der Waals surface area contributed by atoms with Gasteiger partial charge in [-0.15, -0.1) is 11.3 Å². The third-order valence-electron chi connectivity index (χ3n) is 6.76. The van der Waals surface area contributed by atoms with Crippen molar-refractivity contribution in [3.63, 3.8) is 0 Å². The molecule has 1 aliphatic carbocycles. The molecule has 7 nitrogen and oxygen atoms in total. The van der Waals surface area contributed by atoms with Crippen LogP contribution in [0, 0.1) is 17.2 Å². The number of thiophene rings is 1. The van der Waals surface area contributed by atoms with Crippen LogP contribution in [0.15, 0.2) is 48.8 Å². The quantitative estimate of drug-likeness (QED) is 0.538. The van der Waals surface area contributed by atoms with Gasteiger partial charge in [-0.2, -0.15) is 5.26 Å². The van der Waals surface area contributed by atoms with Gasteiger partial charge in [-0.3, -0.25) is 14.6 Å². The summed E-state index contributed by atoms with van der Waals surface area (Å²) < 4.78 is 5.30. The highest BCUT2D eigenvalue weighted by Gasteiger charge is 2.44. The Kier molecular flexibility index (Phi) is 6.51. The Balaban J connectivity index is 1.23. The number of hydrogen-bond donors (Lipinski definition) is 1. The van der Waals surface area contributed by atoms with E-state index in [-0.39, 0.29) is 23.7 Å². The lowest BCUT2D eigenvalue weighted by molar-refractivity contribution is -0.132. The monoisotopic (exact) mass is 486 g/mol. The molecule has 35 heavy (non-hydrogen) atoms. The second kappa shape index (κ2) is 9.88. The fraction of sp³-hybridized carbons (Fsp3) is 0.333. The van der Waals surface area contributed by atoms with Crippen LogP contribution in [-0.2, 0) is 29.0 Å². The maximum Gasteiger partial charge on any atom is 0.228 e. The zero-order valence-electron chi connectivity index (χ0n) is 19.5. The highest BCUT2D eigenvalue weighted by Crippen LogP contribution is 2.49. The van der Waals surface area contributed by atoms with Crippen molar-refractivity contribution in [2.75, 3.05) is 19.0 Å². The number of pyridine rings is 1. The zero-order valence-corrected chi connectivity index (χ0v) is 20.3. The lowest BCUT2D eigenvalue weighted by atomic mass is 10.0. The van der Waals surface area contributed by atoms with E-state index in [2.05, 4.69) is 16.4 Å². The van der Waals surface area contributed by atoms with Crippen LogP contribution in [0.4, 0.5) is 5.00 Å². The lowest BCUT2D eigenvalue weighted by Crippen LogP contribution is -2.35. The first kappa shape index (κ1) is 23.1. The van der Waals surface area contributed by atoms with Crippen molar-refractivity contribution in [3.8, 4) is 11.8 Å². The molecule has 0 bridgehead atoms. The van der Waals surface area contributed by atoms with Gasteiger partial charge in [-0.05, 0) is 60.1 Å². The molecule has 0 spiro atoms. The molecule has 5 rings (SSSR count). The SMILES string of the molecule is COc1cccc(C2CC2C(=O)Nc2sc3c(c2C#N)CCN(C(=O)CCc2cccnc2)C3)c1. The van der Waals surface area contributed by atoms with Crippen LogP contribution in [0.1, 0.15) is 45.9 Å². The van der Waals surface area contributed by atoms with Crippen LogP contribution in [0.3, 0.4) is 0 Å². The van der Waals surface area contributed by atoms with Crippen molar-refractivity contribution in [1.29, 1.82) is 5.26 Å². The van der Waals surface area contributed by atoms with Gasteiger partial charge in [0, 0.05) is 36.2 Å². The minimum atomic E-state index is -0.113. The van der Waals surface area contributed by atoms with Gasteiger partial charge in [0.25, 0.3) is 0 Å². The van der Waals surface area contributed by atoms with E-state index in [0.29, 0.717) is 42.9 Å². The van der Waals surface area contributed by atoms with Crippen LogP contribution in [-0.4, -0.2) is 35.4 Å². The van der Waals surface area contributed by atoms with Gasteiger partial charge in [0.1, 0.15) is 16.8 Å². The number of carbonyl (C=O) groups excluding carboxylic acids is 2. The van der Waals surface area contributed by atoms with Crippen molar-refractivity contribution in [3.05, 3.63) is 75.9 Å². The van der Waals surface area contributed by atoms with Gasteiger partial charge in [-0.25, -0.2) is 0 Å². The van der Waals surface area contributed by atoms with Crippen LogP contribution in [0.5, 0.6) is 5.75 Å². The summed E-state index contributed by atoms with van der Waals surface area (Å²) in [5, 5.41) is 13.4. The first-order chi connectivity index (χ1) is 17.1. The summed E-state index contributed by atoms with van der Waals surface area (Å²) in [7, 11) is 1.63. The number of aryl methyl sites for hydroxylation is 1. The molecular weight excluding hydrogens is 460 g/mol. The Morgan fingerprint density at radius 2 is 2.20 bits per heavy atom. The number of ether oxygens (including phenoxy) is 1. The molecule has 3 aromatic rings. The predicted molar refractivity (Wildman–Crippen MR) is 133 cm³/mol. The normalized spacial score (nSPS) is 18.3. The topological polar surface area (TPSA) is 95.3 Å². The third-order valence-corrected chi connectivity index (χ3v) is 7.89. The number of nitrogens with one attached hydrogen (secondary N) is 1. The number of rotatable bonds is 7. The molecule has 3 heterocycles. The van der Waals surface area contributed by atoms with E-state index in [9.17, 15) is 14.9 Å². The van der Waals surface area contributed by atoms with E-state index in [0.717, 1.165) is 33.7 Å². The minimum absolute atomic E-state index is 0.0580. The molecule has 1 aromatic carbocycles. The fourth-order valence-electron chi connectivity index (χ4n) is 4.71. The Morgan fingerprint density at radius 3 is 2.97 bits per heavy atom. The van der Waals surface area contributed by atoms with Crippen LogP contribution < -0.4 is 10.1 Å². The number of anilines is 1. The number of carbonyl (C=O) groups is 2. The number of benzene rings is 1. The van der Waals surface area contributed by atoms with E-state index < -0.39 is 0 Å². The minimum Gasteiger partial charge on any atom is -0.497 e. The predicted octanol–water partition coefficient (Wildman–Crippen LogP) is 4.28. The molecule has 2 aliphatic rings. The van der Waals surface area contributed by atoms with Crippen LogP contribution in [0.2, 0.25) is 0 Å². The summed E-state index contributed by atoms with van der Waals surface area (Å²) in [4.78, 5) is 32.7. The second-order valence-corrected chi connectivity index (χ2v) is 10.1. The zero-order chi connectivity index (χ0) is 24.4. The smallest absolute Gasteiger partial charge is 0.228 e. The van der Waals surface area contributed by atoms with E-state index >= 15 is 0 Å². The van der Waals surface area contributed by atoms with E-state index in [1.54, 1.807) is 19.5 Å². The highest BCUT2D eigenvalue weighted by atomic mass is 32.1. The first-order valence-corrected chi connectivity index (χ1v) is 12.5. The van der Waals surface area contributed by atoms with Gasteiger partial charge in [0.05, 0.1) is 19.2 Å². The van der Waals surface area contributed by atoms with Crippen molar-refractivity contribution in [2.45, 2.75) is 38.1 Å². The van der Waals surface area contributed by atoms with E-state index in [1.165, 1.54) is 11.3 Å². The van der Waals surface area contributed by atoms with Crippen molar-refractivity contribution < 1.29 is 14.3 Å². The Labute approximate surface area is 208 Å². The number of aromatic nitrogens is 1. The molecule has 2 aromatic heterocycles. The highest BCUT2D eigenvalue weighted by molar-refractivity contribution is 7.16. The summed E-state index contributed by atoms with van der Waals surface area (Å²) in [6.45, 7) is 1.06. The third kappa shape index (κ3) is 4.91. The summed E-state index contributed by atoms with van der Waals surface area (Å²) >= 11 is 1.42. The van der Waals surface area contributed by atoms with Gasteiger partial charge in [0.2, 0.25) is 11.8 Å². The average molecular weight is 487 g/mol. The fourth-order valence-corrected chi connectivity index (χ4v) is 5.92. The summed E-state index contributed by atoms with van der Waals surface area (Å²) in [5.74, 6) is 0.871. The van der Waals surface area contributed by atoms with Crippen molar-refractivity contribution >= 4 is 28.2 Å². The standard InChI is InChI=1S/C27H26N4O3S/c1-34-19-6-2-5-18(12-19)21-13-22(21)26(33)30-27-23(14-28)20-9-11-31(16-24(20)35-27)25(32)8-7-17-4-3-10-29-15-17/h2-6,10,12,15,21-22H,7-9,11,13,16H2,1H3,(H,30,33). The van der Waals surface area contributed by atoms with Gasteiger partial charge in [0.15, 0.2) is 0 Å².